The molecule has 0 aromatic heterocycles. The molecule has 3 unspecified atom stereocenters. The number of benzene rings is 4. The molecule has 0 bridgehead atoms. The van der Waals surface area contributed by atoms with Crippen LogP contribution in [0.3, 0.4) is 0 Å². The van der Waals surface area contributed by atoms with Gasteiger partial charge in [0.1, 0.15) is 5.75 Å². The van der Waals surface area contributed by atoms with Crippen molar-refractivity contribution in [1.29, 1.82) is 0 Å². The van der Waals surface area contributed by atoms with Gasteiger partial charge in [0.05, 0.1) is 6.04 Å². The van der Waals surface area contributed by atoms with E-state index in [1.165, 1.54) is 32.7 Å². The number of phenols is 1. The number of allylic oxidation sites excluding steroid dienone is 2. The van der Waals surface area contributed by atoms with Gasteiger partial charge in [-0.1, -0.05) is 60.7 Å². The number of rotatable bonds is 1. The second-order valence-electron chi connectivity index (χ2n) is 7.98. The van der Waals surface area contributed by atoms with Crippen molar-refractivity contribution in [1.82, 2.24) is 0 Å². The van der Waals surface area contributed by atoms with Gasteiger partial charge in [-0.25, -0.2) is 0 Å². The topological polar surface area (TPSA) is 32.3 Å². The first kappa shape index (κ1) is 15.8. The predicted octanol–water partition coefficient (Wildman–Crippen LogP) is 6.53. The molecule has 1 aliphatic carbocycles. The number of phenolic OH excluding ortho intramolecular Hbond substituents is 1. The molecule has 1 aliphatic heterocycles. The van der Waals surface area contributed by atoms with E-state index in [1.807, 2.05) is 12.1 Å². The maximum Gasteiger partial charge on any atom is 0.116 e. The average molecular weight is 363 g/mol. The molecule has 0 saturated heterocycles. The first-order valence-corrected chi connectivity index (χ1v) is 9.96. The van der Waals surface area contributed by atoms with Gasteiger partial charge in [0.15, 0.2) is 0 Å². The van der Waals surface area contributed by atoms with Crippen LogP contribution >= 0.6 is 0 Å². The van der Waals surface area contributed by atoms with E-state index < -0.39 is 0 Å². The third kappa shape index (κ3) is 2.21. The smallest absolute Gasteiger partial charge is 0.116 e. The monoisotopic (exact) mass is 363 g/mol. The minimum absolute atomic E-state index is 0.230. The van der Waals surface area contributed by atoms with Gasteiger partial charge >= 0.3 is 0 Å². The maximum atomic E-state index is 10.0. The highest BCUT2D eigenvalue weighted by molar-refractivity contribution is 6.03. The van der Waals surface area contributed by atoms with Crippen LogP contribution in [0.1, 0.15) is 29.5 Å². The fourth-order valence-corrected chi connectivity index (χ4v) is 5.25. The summed E-state index contributed by atoms with van der Waals surface area (Å²) in [5.41, 5.74) is 3.73. The summed E-state index contributed by atoms with van der Waals surface area (Å²) in [6.07, 6.45) is 5.68. The number of fused-ring (bicyclic) bond motifs is 5. The largest absolute Gasteiger partial charge is 0.508 e. The highest BCUT2D eigenvalue weighted by Gasteiger charge is 2.39. The number of nitrogens with one attached hydrogen (secondary N) is 1. The van der Waals surface area contributed by atoms with Crippen molar-refractivity contribution in [2.75, 3.05) is 5.32 Å². The van der Waals surface area contributed by atoms with E-state index in [9.17, 15) is 5.11 Å². The van der Waals surface area contributed by atoms with Crippen molar-refractivity contribution in [3.63, 3.8) is 0 Å². The lowest BCUT2D eigenvalue weighted by atomic mass is 9.75. The van der Waals surface area contributed by atoms with Crippen LogP contribution in [-0.2, 0) is 0 Å². The quantitative estimate of drug-likeness (QED) is 0.229. The fraction of sp³-hybridized carbons (Fsp3) is 0.154. The third-order valence-corrected chi connectivity index (χ3v) is 6.47. The molecule has 0 spiro atoms. The molecule has 6 rings (SSSR count). The summed E-state index contributed by atoms with van der Waals surface area (Å²) >= 11 is 0. The number of aromatic hydroxyl groups is 1. The van der Waals surface area contributed by atoms with Crippen LogP contribution in [0.5, 0.6) is 5.75 Å². The maximum absolute atomic E-state index is 10.0. The highest BCUT2D eigenvalue weighted by Crippen LogP contribution is 2.52. The molecule has 2 aliphatic rings. The van der Waals surface area contributed by atoms with Crippen LogP contribution in [0, 0.1) is 5.92 Å². The highest BCUT2D eigenvalue weighted by atomic mass is 16.3. The summed E-state index contributed by atoms with van der Waals surface area (Å²) < 4.78 is 0. The lowest BCUT2D eigenvalue weighted by Gasteiger charge is -2.38. The second-order valence-corrected chi connectivity index (χ2v) is 7.98. The zero-order chi connectivity index (χ0) is 18.7. The molecule has 136 valence electrons. The average Bonchev–Trinajstić information content (AvgIpc) is 3.22. The zero-order valence-corrected chi connectivity index (χ0v) is 15.5. The molecule has 0 fully saturated rings. The Morgan fingerprint density at radius 3 is 2.29 bits per heavy atom. The van der Waals surface area contributed by atoms with E-state index in [2.05, 4.69) is 72.1 Å². The van der Waals surface area contributed by atoms with E-state index in [0.717, 1.165) is 12.1 Å². The Labute approximate surface area is 164 Å². The van der Waals surface area contributed by atoms with E-state index >= 15 is 0 Å². The van der Waals surface area contributed by atoms with Crippen molar-refractivity contribution in [3.05, 3.63) is 96.1 Å². The van der Waals surface area contributed by atoms with Crippen molar-refractivity contribution < 1.29 is 5.11 Å². The SMILES string of the molecule is Oc1ccc2c(c1)C1C=CCC1C(c1c3ccccc3cc3ccccc13)N2. The standard InChI is InChI=1S/C26H21NO/c28-18-12-13-24-23(15-18)21-10-5-11-22(21)26(27-24)25-19-8-3-1-6-16(19)14-17-7-2-4-9-20(17)25/h1-10,12-15,21-22,26-28H,11H2. The predicted molar refractivity (Wildman–Crippen MR) is 116 cm³/mol. The number of hydrogen-bond donors (Lipinski definition) is 2. The lowest BCUT2D eigenvalue weighted by molar-refractivity contribution is 0.425. The van der Waals surface area contributed by atoms with Gasteiger partial charge in [-0.2, -0.15) is 0 Å². The lowest BCUT2D eigenvalue weighted by Crippen LogP contribution is -2.29. The van der Waals surface area contributed by atoms with Crippen LogP contribution in [0.4, 0.5) is 5.69 Å². The molecule has 0 saturated carbocycles. The van der Waals surface area contributed by atoms with Gasteiger partial charge in [-0.05, 0) is 69.3 Å². The zero-order valence-electron chi connectivity index (χ0n) is 15.5. The minimum atomic E-state index is 0.230. The van der Waals surface area contributed by atoms with Gasteiger partial charge < -0.3 is 10.4 Å². The van der Waals surface area contributed by atoms with Crippen molar-refractivity contribution in [3.8, 4) is 5.75 Å². The van der Waals surface area contributed by atoms with E-state index in [1.54, 1.807) is 6.07 Å². The summed E-state index contributed by atoms with van der Waals surface area (Å²) in [5, 5.41) is 19.1. The van der Waals surface area contributed by atoms with E-state index in [4.69, 9.17) is 0 Å². The number of hydrogen-bond acceptors (Lipinski definition) is 2. The van der Waals surface area contributed by atoms with Gasteiger partial charge in [-0.15, -0.1) is 0 Å². The molecular weight excluding hydrogens is 342 g/mol. The summed E-state index contributed by atoms with van der Waals surface area (Å²) in [6, 6.07) is 25.7. The summed E-state index contributed by atoms with van der Waals surface area (Å²) in [7, 11) is 0. The Kier molecular flexibility index (Phi) is 3.30. The van der Waals surface area contributed by atoms with Crippen molar-refractivity contribution in [2.45, 2.75) is 18.4 Å². The summed E-state index contributed by atoms with van der Waals surface area (Å²) in [5.74, 6) is 1.13. The summed E-state index contributed by atoms with van der Waals surface area (Å²) in [4.78, 5) is 0. The van der Waals surface area contributed by atoms with Crippen LogP contribution in [0.15, 0.2) is 84.9 Å². The van der Waals surface area contributed by atoms with Gasteiger partial charge in [0, 0.05) is 11.6 Å². The van der Waals surface area contributed by atoms with Crippen LogP contribution in [-0.4, -0.2) is 5.11 Å². The molecule has 2 nitrogen and oxygen atoms in total. The third-order valence-electron chi connectivity index (χ3n) is 6.47. The molecule has 1 heterocycles. The molecule has 4 aromatic carbocycles. The Morgan fingerprint density at radius 1 is 0.821 bits per heavy atom. The Balaban J connectivity index is 1.64. The first-order valence-electron chi connectivity index (χ1n) is 9.96. The van der Waals surface area contributed by atoms with Gasteiger partial charge in [0.2, 0.25) is 0 Å². The van der Waals surface area contributed by atoms with Crippen LogP contribution in [0.2, 0.25) is 0 Å². The minimum Gasteiger partial charge on any atom is -0.508 e. The van der Waals surface area contributed by atoms with Gasteiger partial charge in [-0.3, -0.25) is 0 Å². The molecule has 2 N–H and O–H groups in total. The Morgan fingerprint density at radius 2 is 1.54 bits per heavy atom. The van der Waals surface area contributed by atoms with E-state index in [-0.39, 0.29) is 6.04 Å². The number of anilines is 1. The molecule has 28 heavy (non-hydrogen) atoms. The molecule has 0 radical (unpaired) electrons. The second kappa shape index (κ2) is 5.87. The molecule has 3 atom stereocenters. The normalized spacial score (nSPS) is 22.8. The van der Waals surface area contributed by atoms with Crippen molar-refractivity contribution in [2.24, 2.45) is 5.92 Å². The van der Waals surface area contributed by atoms with E-state index in [0.29, 0.717) is 17.6 Å². The Hall–Kier alpha value is -3.26. The Bertz CT molecular complexity index is 1200. The summed E-state index contributed by atoms with van der Waals surface area (Å²) in [6.45, 7) is 0. The molecular formula is C26H21NO. The molecule has 4 aromatic rings. The molecule has 2 heteroatoms. The van der Waals surface area contributed by atoms with Gasteiger partial charge in [0.25, 0.3) is 0 Å². The van der Waals surface area contributed by atoms with Crippen molar-refractivity contribution >= 4 is 27.2 Å². The first-order chi connectivity index (χ1) is 13.8. The van der Waals surface area contributed by atoms with Crippen LogP contribution in [0.25, 0.3) is 21.5 Å². The fourth-order valence-electron chi connectivity index (χ4n) is 5.25. The van der Waals surface area contributed by atoms with Crippen LogP contribution < -0.4 is 5.32 Å². The molecule has 0 amide bonds.